The molecule has 7 heteroatoms. The number of ether oxygens (including phenoxy) is 1. The molecule has 2 N–H and O–H groups in total. The van der Waals surface area contributed by atoms with Gasteiger partial charge in [-0.2, -0.15) is 0 Å². The van der Waals surface area contributed by atoms with Crippen LogP contribution in [0.15, 0.2) is 16.7 Å². The zero-order valence-corrected chi connectivity index (χ0v) is 10.9. The van der Waals surface area contributed by atoms with Crippen molar-refractivity contribution in [1.29, 1.82) is 0 Å². The number of carboxylic acids is 1. The topological polar surface area (TPSA) is 80.6 Å². The molecule has 0 aliphatic carbocycles. The lowest BCUT2D eigenvalue weighted by atomic mass is 10.4. The quantitative estimate of drug-likeness (QED) is 0.755. The van der Waals surface area contributed by atoms with Crippen LogP contribution < -0.4 is 5.32 Å². The molecule has 94 valence electrons. The van der Waals surface area contributed by atoms with Gasteiger partial charge in [0.2, 0.25) is 0 Å². The molecule has 1 amide bonds. The Morgan fingerprint density at radius 3 is 2.82 bits per heavy atom. The first-order valence-electron chi connectivity index (χ1n) is 4.90. The molecule has 6 nitrogen and oxygen atoms in total. The minimum Gasteiger partial charge on any atom is -0.480 e. The fourth-order valence-corrected chi connectivity index (χ4v) is 1.76. The number of carboxylic acid groups (broad SMARTS) is 1. The Bertz CT molecular complexity index is 416. The summed E-state index contributed by atoms with van der Waals surface area (Å²) in [5, 5.41) is 10.9. The predicted molar refractivity (Wildman–Crippen MR) is 63.9 cm³/mol. The molecule has 1 heterocycles. The van der Waals surface area contributed by atoms with Crippen molar-refractivity contribution in [3.63, 3.8) is 0 Å². The molecule has 0 unspecified atom stereocenters. The number of carbonyl (C=O) groups is 2. The highest BCUT2D eigenvalue weighted by Crippen LogP contribution is 2.13. The maximum atomic E-state index is 11.7. The van der Waals surface area contributed by atoms with Crippen LogP contribution in [0, 0.1) is 0 Å². The Kier molecular flexibility index (Phi) is 5.17. The van der Waals surface area contributed by atoms with Crippen molar-refractivity contribution in [2.45, 2.75) is 0 Å². The molecule has 0 atom stereocenters. The van der Waals surface area contributed by atoms with Crippen molar-refractivity contribution in [3.05, 3.63) is 22.4 Å². The Morgan fingerprint density at radius 2 is 2.29 bits per heavy atom. The Balaban J connectivity index is 2.30. The number of aliphatic carboxylic acids is 1. The summed E-state index contributed by atoms with van der Waals surface area (Å²) in [5.41, 5.74) is 0.523. The number of aromatic nitrogens is 1. The number of halogens is 1. The second kappa shape index (κ2) is 6.41. The number of carbonyl (C=O) groups excluding carboxylic acids is 1. The van der Waals surface area contributed by atoms with Gasteiger partial charge in [0.05, 0.1) is 6.61 Å². The lowest BCUT2D eigenvalue weighted by Crippen LogP contribution is -2.29. The van der Waals surface area contributed by atoms with Gasteiger partial charge in [0, 0.05) is 24.3 Å². The minimum atomic E-state index is -1.03. The lowest BCUT2D eigenvalue weighted by molar-refractivity contribution is -0.142. The summed E-state index contributed by atoms with van der Waals surface area (Å²) in [7, 11) is 1.76. The highest BCUT2D eigenvalue weighted by Gasteiger charge is 2.10. The van der Waals surface area contributed by atoms with Gasteiger partial charge in [-0.15, -0.1) is 0 Å². The van der Waals surface area contributed by atoms with Crippen molar-refractivity contribution < 1.29 is 19.4 Å². The first kappa shape index (κ1) is 13.7. The van der Waals surface area contributed by atoms with Gasteiger partial charge in [0.1, 0.15) is 12.3 Å². The van der Waals surface area contributed by atoms with E-state index in [1.165, 1.54) is 0 Å². The zero-order valence-electron chi connectivity index (χ0n) is 9.27. The van der Waals surface area contributed by atoms with Gasteiger partial charge in [0.25, 0.3) is 5.91 Å². The molecule has 0 saturated heterocycles. The van der Waals surface area contributed by atoms with Gasteiger partial charge >= 0.3 is 5.97 Å². The standard InChI is InChI=1S/C10H13BrN2O4/c1-13-5-7(11)4-8(13)10(16)12-2-3-17-6-9(14)15/h4-5H,2-3,6H2,1H3,(H,12,16)(H,14,15). The molecule has 1 rings (SSSR count). The van der Waals surface area contributed by atoms with E-state index < -0.39 is 5.97 Å². The van der Waals surface area contributed by atoms with Crippen LogP contribution in [-0.2, 0) is 16.6 Å². The van der Waals surface area contributed by atoms with Gasteiger partial charge in [-0.3, -0.25) is 4.79 Å². The molecule has 1 aromatic heterocycles. The number of nitrogens with one attached hydrogen (secondary N) is 1. The van der Waals surface area contributed by atoms with E-state index in [0.29, 0.717) is 5.69 Å². The van der Waals surface area contributed by atoms with E-state index in [2.05, 4.69) is 21.2 Å². The number of hydrogen-bond donors (Lipinski definition) is 2. The smallest absolute Gasteiger partial charge is 0.329 e. The maximum absolute atomic E-state index is 11.7. The van der Waals surface area contributed by atoms with E-state index in [0.717, 1.165) is 4.47 Å². The molecule has 17 heavy (non-hydrogen) atoms. The van der Waals surface area contributed by atoms with Crippen LogP contribution in [0.3, 0.4) is 0 Å². The first-order valence-corrected chi connectivity index (χ1v) is 5.69. The molecule has 0 spiro atoms. The van der Waals surface area contributed by atoms with Crippen LogP contribution in [-0.4, -0.2) is 41.3 Å². The van der Waals surface area contributed by atoms with E-state index >= 15 is 0 Å². The fourth-order valence-electron chi connectivity index (χ4n) is 1.24. The highest BCUT2D eigenvalue weighted by molar-refractivity contribution is 9.10. The normalized spacial score (nSPS) is 10.2. The van der Waals surface area contributed by atoms with Gasteiger partial charge in [-0.25, -0.2) is 4.79 Å². The van der Waals surface area contributed by atoms with Crippen LogP contribution in [0.1, 0.15) is 10.5 Å². The molecular weight excluding hydrogens is 292 g/mol. The SMILES string of the molecule is Cn1cc(Br)cc1C(=O)NCCOCC(=O)O. The molecule has 0 aromatic carbocycles. The Morgan fingerprint density at radius 1 is 1.59 bits per heavy atom. The fraction of sp³-hybridized carbons (Fsp3) is 0.400. The van der Waals surface area contributed by atoms with Crippen molar-refractivity contribution in [2.24, 2.45) is 7.05 Å². The van der Waals surface area contributed by atoms with Gasteiger partial charge in [0.15, 0.2) is 0 Å². The third-order valence-electron chi connectivity index (χ3n) is 1.96. The van der Waals surface area contributed by atoms with E-state index in [-0.39, 0.29) is 25.7 Å². The summed E-state index contributed by atoms with van der Waals surface area (Å²) >= 11 is 3.27. The number of rotatable bonds is 6. The summed E-state index contributed by atoms with van der Waals surface area (Å²) in [6.45, 7) is 0.0874. The number of hydrogen-bond acceptors (Lipinski definition) is 3. The average Bonchev–Trinajstić information content (AvgIpc) is 2.56. The van der Waals surface area contributed by atoms with Crippen molar-refractivity contribution >= 4 is 27.8 Å². The van der Waals surface area contributed by atoms with Crippen molar-refractivity contribution in [2.75, 3.05) is 19.8 Å². The molecule has 0 bridgehead atoms. The monoisotopic (exact) mass is 304 g/mol. The van der Waals surface area contributed by atoms with Crippen LogP contribution in [0.4, 0.5) is 0 Å². The third kappa shape index (κ3) is 4.58. The summed E-state index contributed by atoms with van der Waals surface area (Å²) < 4.78 is 7.30. The van der Waals surface area contributed by atoms with Crippen molar-refractivity contribution in [1.82, 2.24) is 9.88 Å². The van der Waals surface area contributed by atoms with Crippen LogP contribution in [0.25, 0.3) is 0 Å². The van der Waals surface area contributed by atoms with Gasteiger partial charge in [-0.05, 0) is 22.0 Å². The zero-order chi connectivity index (χ0) is 12.8. The number of amides is 1. The molecule has 0 fully saturated rings. The molecule has 1 aromatic rings. The van der Waals surface area contributed by atoms with E-state index in [1.807, 2.05) is 0 Å². The predicted octanol–water partition coefficient (Wildman–Crippen LogP) is 0.619. The van der Waals surface area contributed by atoms with Crippen LogP contribution in [0.2, 0.25) is 0 Å². The lowest BCUT2D eigenvalue weighted by Gasteiger charge is -2.05. The summed E-state index contributed by atoms with van der Waals surface area (Å²) in [5.74, 6) is -1.25. The van der Waals surface area contributed by atoms with Crippen molar-refractivity contribution in [3.8, 4) is 0 Å². The minimum absolute atomic E-state index is 0.170. The molecule has 0 aliphatic rings. The molecule has 0 saturated carbocycles. The van der Waals surface area contributed by atoms with Crippen LogP contribution >= 0.6 is 15.9 Å². The Hall–Kier alpha value is -1.34. The molecule has 0 aliphatic heterocycles. The molecular formula is C10H13BrN2O4. The third-order valence-corrected chi connectivity index (χ3v) is 2.40. The average molecular weight is 305 g/mol. The second-order valence-electron chi connectivity index (χ2n) is 3.36. The largest absolute Gasteiger partial charge is 0.480 e. The first-order chi connectivity index (χ1) is 8.00. The Labute approximate surface area is 107 Å². The summed E-state index contributed by atoms with van der Waals surface area (Å²) in [6.07, 6.45) is 1.77. The molecule has 0 radical (unpaired) electrons. The van der Waals surface area contributed by atoms with Gasteiger partial charge < -0.3 is 19.7 Å². The maximum Gasteiger partial charge on any atom is 0.329 e. The van der Waals surface area contributed by atoms with E-state index in [4.69, 9.17) is 9.84 Å². The van der Waals surface area contributed by atoms with Gasteiger partial charge in [-0.1, -0.05) is 0 Å². The summed E-state index contributed by atoms with van der Waals surface area (Å²) in [4.78, 5) is 21.8. The number of nitrogens with zero attached hydrogens (tertiary/aromatic N) is 1. The second-order valence-corrected chi connectivity index (χ2v) is 4.27. The summed E-state index contributed by atoms with van der Waals surface area (Å²) in [6, 6.07) is 1.70. The van der Waals surface area contributed by atoms with Crippen LogP contribution in [0.5, 0.6) is 0 Å². The van der Waals surface area contributed by atoms with E-state index in [1.54, 1.807) is 23.9 Å². The highest BCUT2D eigenvalue weighted by atomic mass is 79.9. The van der Waals surface area contributed by atoms with E-state index in [9.17, 15) is 9.59 Å². The number of aryl methyl sites for hydroxylation is 1.